The summed E-state index contributed by atoms with van der Waals surface area (Å²) in [6.45, 7) is 4.37. The minimum atomic E-state index is 0.591. The zero-order chi connectivity index (χ0) is 9.97. The van der Waals surface area contributed by atoms with Crippen LogP contribution in [0.3, 0.4) is 0 Å². The van der Waals surface area contributed by atoms with Gasteiger partial charge in [-0.2, -0.15) is 0 Å². The number of hydrogen-bond donors (Lipinski definition) is 1. The first kappa shape index (κ1) is 9.75. The van der Waals surface area contributed by atoms with Crippen LogP contribution in [0.25, 0.3) is 0 Å². The fourth-order valence-corrected chi connectivity index (χ4v) is 1.81. The summed E-state index contributed by atoms with van der Waals surface area (Å²) in [6, 6.07) is 11.2. The highest BCUT2D eigenvalue weighted by molar-refractivity contribution is 6.29. The molecule has 1 nitrogen and oxygen atoms in total. The third-order valence-electron chi connectivity index (χ3n) is 2.57. The molecule has 0 aliphatic heterocycles. The van der Waals surface area contributed by atoms with E-state index >= 15 is 0 Å². The molecule has 2 atom stereocenters. The van der Waals surface area contributed by atoms with E-state index in [0.717, 1.165) is 6.54 Å². The van der Waals surface area contributed by atoms with Crippen LogP contribution in [0.1, 0.15) is 17.9 Å². The van der Waals surface area contributed by atoms with Crippen LogP contribution in [0.2, 0.25) is 0 Å². The van der Waals surface area contributed by atoms with Crippen LogP contribution in [0.5, 0.6) is 0 Å². The molecule has 1 aromatic carbocycles. The Morgan fingerprint density at radius 3 is 2.79 bits per heavy atom. The summed E-state index contributed by atoms with van der Waals surface area (Å²) in [5.41, 5.74) is 1.42. The number of rotatable bonds is 4. The summed E-state index contributed by atoms with van der Waals surface area (Å²) in [5.74, 6) is 0.673. The van der Waals surface area contributed by atoms with Crippen molar-refractivity contribution in [3.05, 3.63) is 47.5 Å². The van der Waals surface area contributed by atoms with Gasteiger partial charge in [0.05, 0.1) is 0 Å². The van der Waals surface area contributed by atoms with Crippen LogP contribution in [0.4, 0.5) is 0 Å². The lowest BCUT2D eigenvalue weighted by molar-refractivity contribution is 0.728. The minimum Gasteiger partial charge on any atom is -0.308 e. The molecule has 0 radical (unpaired) electrons. The second-order valence-corrected chi connectivity index (χ2v) is 4.29. The maximum atomic E-state index is 5.69. The van der Waals surface area contributed by atoms with Gasteiger partial charge in [-0.25, -0.2) is 0 Å². The fraction of sp³-hybridized carbons (Fsp3) is 0.333. The van der Waals surface area contributed by atoms with Gasteiger partial charge in [0.25, 0.3) is 0 Å². The maximum absolute atomic E-state index is 5.69. The highest BCUT2D eigenvalue weighted by Gasteiger charge is 2.37. The van der Waals surface area contributed by atoms with E-state index in [2.05, 4.69) is 42.2 Å². The normalized spacial score (nSPS) is 24.6. The number of benzene rings is 1. The van der Waals surface area contributed by atoms with E-state index in [1.54, 1.807) is 0 Å². The van der Waals surface area contributed by atoms with Crippen LogP contribution >= 0.6 is 11.6 Å². The van der Waals surface area contributed by atoms with Crippen molar-refractivity contribution < 1.29 is 0 Å². The molecule has 2 rings (SSSR count). The Morgan fingerprint density at radius 2 is 2.14 bits per heavy atom. The first-order chi connectivity index (χ1) is 6.77. The number of nitrogens with one attached hydrogen (secondary N) is 1. The molecule has 0 amide bonds. The molecule has 1 aromatic rings. The number of hydrogen-bond acceptors (Lipinski definition) is 1. The van der Waals surface area contributed by atoms with Crippen molar-refractivity contribution in [2.75, 3.05) is 6.54 Å². The van der Waals surface area contributed by atoms with E-state index in [0.29, 0.717) is 17.0 Å². The Morgan fingerprint density at radius 1 is 1.43 bits per heavy atom. The van der Waals surface area contributed by atoms with E-state index in [1.807, 2.05) is 0 Å². The van der Waals surface area contributed by atoms with Crippen molar-refractivity contribution in [2.45, 2.75) is 18.4 Å². The van der Waals surface area contributed by atoms with E-state index in [9.17, 15) is 0 Å². The Labute approximate surface area is 89.8 Å². The van der Waals surface area contributed by atoms with Crippen molar-refractivity contribution in [3.8, 4) is 0 Å². The van der Waals surface area contributed by atoms with E-state index in [1.165, 1.54) is 12.0 Å². The summed E-state index contributed by atoms with van der Waals surface area (Å²) in [7, 11) is 0. The monoisotopic (exact) mass is 207 g/mol. The third kappa shape index (κ3) is 2.37. The topological polar surface area (TPSA) is 12.0 Å². The zero-order valence-corrected chi connectivity index (χ0v) is 8.80. The maximum Gasteiger partial charge on any atom is 0.0310 e. The van der Waals surface area contributed by atoms with Gasteiger partial charge in [0.15, 0.2) is 0 Å². The fourth-order valence-electron chi connectivity index (χ4n) is 1.73. The molecule has 1 N–H and O–H groups in total. The van der Waals surface area contributed by atoms with E-state index < -0.39 is 0 Å². The van der Waals surface area contributed by atoms with Gasteiger partial charge in [0.1, 0.15) is 0 Å². The predicted molar refractivity (Wildman–Crippen MR) is 60.6 cm³/mol. The Hall–Kier alpha value is -0.790. The van der Waals surface area contributed by atoms with Crippen molar-refractivity contribution in [3.63, 3.8) is 0 Å². The van der Waals surface area contributed by atoms with Crippen molar-refractivity contribution in [1.82, 2.24) is 5.32 Å². The van der Waals surface area contributed by atoms with Gasteiger partial charge in [-0.1, -0.05) is 48.5 Å². The van der Waals surface area contributed by atoms with Crippen molar-refractivity contribution >= 4 is 11.6 Å². The van der Waals surface area contributed by atoms with Gasteiger partial charge >= 0.3 is 0 Å². The average Bonchev–Trinajstić information content (AvgIpc) is 2.95. The van der Waals surface area contributed by atoms with Crippen LogP contribution in [0.15, 0.2) is 41.9 Å². The summed E-state index contributed by atoms with van der Waals surface area (Å²) < 4.78 is 0. The number of halogens is 1. The standard InChI is InChI=1S/C12H14ClN/c1-9(13)8-14-12-7-11(12)10-5-3-2-4-6-10/h2-6,11-12,14H,1,7-8H2. The lowest BCUT2D eigenvalue weighted by Crippen LogP contribution is -2.19. The molecule has 0 spiro atoms. The van der Waals surface area contributed by atoms with Gasteiger partial charge in [0, 0.05) is 23.5 Å². The quantitative estimate of drug-likeness (QED) is 0.801. The Kier molecular flexibility index (Phi) is 2.90. The highest BCUT2D eigenvalue weighted by Crippen LogP contribution is 2.40. The molecule has 2 unspecified atom stereocenters. The molecule has 0 heterocycles. The van der Waals surface area contributed by atoms with Crippen LogP contribution in [-0.2, 0) is 0 Å². The first-order valence-corrected chi connectivity index (χ1v) is 5.27. The molecule has 1 aliphatic carbocycles. The van der Waals surface area contributed by atoms with Gasteiger partial charge in [0.2, 0.25) is 0 Å². The smallest absolute Gasteiger partial charge is 0.0310 e. The van der Waals surface area contributed by atoms with Crippen LogP contribution in [0, 0.1) is 0 Å². The molecule has 1 fully saturated rings. The molecule has 0 saturated heterocycles. The lowest BCUT2D eigenvalue weighted by atomic mass is 10.1. The predicted octanol–water partition coefficient (Wildman–Crippen LogP) is 2.88. The van der Waals surface area contributed by atoms with Crippen LogP contribution < -0.4 is 5.32 Å². The van der Waals surface area contributed by atoms with Crippen LogP contribution in [-0.4, -0.2) is 12.6 Å². The SMILES string of the molecule is C=C(Cl)CNC1CC1c1ccccc1. The Bertz CT molecular complexity index is 320. The molecular weight excluding hydrogens is 194 g/mol. The largest absolute Gasteiger partial charge is 0.308 e. The van der Waals surface area contributed by atoms with Gasteiger partial charge in [-0.15, -0.1) is 0 Å². The summed E-state index contributed by atoms with van der Waals surface area (Å²) >= 11 is 5.69. The Balaban J connectivity index is 1.85. The second kappa shape index (κ2) is 4.16. The third-order valence-corrected chi connectivity index (χ3v) is 2.71. The molecule has 1 aliphatic rings. The first-order valence-electron chi connectivity index (χ1n) is 4.89. The van der Waals surface area contributed by atoms with Gasteiger partial charge in [-0.05, 0) is 12.0 Å². The molecule has 1 saturated carbocycles. The highest BCUT2D eigenvalue weighted by atomic mass is 35.5. The second-order valence-electron chi connectivity index (χ2n) is 3.76. The molecule has 0 bridgehead atoms. The summed E-state index contributed by atoms with van der Waals surface area (Å²) in [4.78, 5) is 0. The van der Waals surface area contributed by atoms with Crippen molar-refractivity contribution in [2.24, 2.45) is 0 Å². The van der Waals surface area contributed by atoms with Gasteiger partial charge in [-0.3, -0.25) is 0 Å². The molecule has 74 valence electrons. The van der Waals surface area contributed by atoms with Gasteiger partial charge < -0.3 is 5.32 Å². The summed E-state index contributed by atoms with van der Waals surface area (Å²) in [5, 5.41) is 4.06. The molecule has 14 heavy (non-hydrogen) atoms. The lowest BCUT2D eigenvalue weighted by Gasteiger charge is -2.02. The van der Waals surface area contributed by atoms with E-state index in [4.69, 9.17) is 11.6 Å². The molecule has 0 aromatic heterocycles. The molecular formula is C12H14ClN. The zero-order valence-electron chi connectivity index (χ0n) is 8.04. The summed E-state index contributed by atoms with van der Waals surface area (Å²) in [6.07, 6.45) is 1.22. The molecule has 2 heteroatoms. The average molecular weight is 208 g/mol. The minimum absolute atomic E-state index is 0.591. The van der Waals surface area contributed by atoms with Crippen molar-refractivity contribution in [1.29, 1.82) is 0 Å². The van der Waals surface area contributed by atoms with E-state index in [-0.39, 0.29) is 0 Å².